The van der Waals surface area contributed by atoms with Gasteiger partial charge in [0, 0.05) is 0 Å². The second-order valence-electron chi connectivity index (χ2n) is 6.64. The maximum absolute atomic E-state index is 11.5. The molecule has 0 aliphatic heterocycles. The first-order chi connectivity index (χ1) is 15.5. The average Bonchev–Trinajstić information content (AvgIpc) is 2.83. The lowest BCUT2D eigenvalue weighted by Gasteiger charge is -2.11. The summed E-state index contributed by atoms with van der Waals surface area (Å²) in [4.78, 5) is 22.4. The molecule has 0 bridgehead atoms. The number of hydrogen-bond donors (Lipinski definition) is 2. The van der Waals surface area contributed by atoms with Gasteiger partial charge < -0.3 is 19.3 Å². The smallest absolute Gasteiger partial charge is 0.337 e. The number of aromatic carboxylic acids is 1. The molecule has 0 aliphatic carbocycles. The third-order valence-corrected chi connectivity index (χ3v) is 4.50. The summed E-state index contributed by atoms with van der Waals surface area (Å²) in [6, 6.07) is 18.6. The van der Waals surface area contributed by atoms with Crippen molar-refractivity contribution in [2.75, 3.05) is 19.6 Å². The number of benzene rings is 3. The van der Waals surface area contributed by atoms with Crippen molar-refractivity contribution in [1.29, 1.82) is 0 Å². The van der Waals surface area contributed by atoms with E-state index in [1.54, 1.807) is 61.9 Å². The minimum atomic E-state index is -0.979. The van der Waals surface area contributed by atoms with Gasteiger partial charge in [0.25, 0.3) is 0 Å². The molecule has 0 aliphatic rings. The van der Waals surface area contributed by atoms with Gasteiger partial charge in [0.15, 0.2) is 11.5 Å². The van der Waals surface area contributed by atoms with Gasteiger partial charge in [-0.25, -0.2) is 9.59 Å². The van der Waals surface area contributed by atoms with Gasteiger partial charge in [-0.3, -0.25) is 5.43 Å². The van der Waals surface area contributed by atoms with Crippen molar-refractivity contribution in [1.82, 2.24) is 0 Å². The highest BCUT2D eigenvalue weighted by molar-refractivity contribution is 5.89. The standard InChI is InChI=1S/C24H22N2O6/c1-30-22-13-17(14-25-26-20-10-8-18(9-11-20)23(27)28)5-12-21(22)32-15-16-3-6-19(7-4-16)24(29)31-2/h3-14,26H,15H2,1-2H3,(H,27,28)/b25-14+. The number of nitrogens with one attached hydrogen (secondary N) is 1. The molecule has 0 spiro atoms. The molecule has 2 N–H and O–H groups in total. The topological polar surface area (TPSA) is 106 Å². The van der Waals surface area contributed by atoms with Gasteiger partial charge in [-0.05, 0) is 65.7 Å². The van der Waals surface area contributed by atoms with E-state index in [9.17, 15) is 9.59 Å². The lowest BCUT2D eigenvalue weighted by Crippen LogP contribution is -2.02. The Morgan fingerprint density at radius 3 is 2.25 bits per heavy atom. The maximum Gasteiger partial charge on any atom is 0.337 e. The number of carbonyl (C=O) groups is 2. The molecule has 0 heterocycles. The maximum atomic E-state index is 11.5. The number of esters is 1. The number of carboxylic acid groups (broad SMARTS) is 1. The molecule has 164 valence electrons. The lowest BCUT2D eigenvalue weighted by molar-refractivity contribution is 0.0599. The Bertz CT molecular complexity index is 1110. The van der Waals surface area contributed by atoms with E-state index in [2.05, 4.69) is 10.5 Å². The summed E-state index contributed by atoms with van der Waals surface area (Å²) in [7, 11) is 2.89. The Kier molecular flexibility index (Phi) is 7.42. The fourth-order valence-electron chi connectivity index (χ4n) is 2.77. The van der Waals surface area contributed by atoms with E-state index < -0.39 is 5.97 Å². The lowest BCUT2D eigenvalue weighted by atomic mass is 10.1. The number of carboxylic acids is 1. The Balaban J connectivity index is 1.60. The van der Waals surface area contributed by atoms with Crippen LogP contribution >= 0.6 is 0 Å². The number of hydrazone groups is 1. The third kappa shape index (κ3) is 5.85. The van der Waals surface area contributed by atoms with Crippen LogP contribution in [0.25, 0.3) is 0 Å². The number of nitrogens with zero attached hydrogens (tertiary/aromatic N) is 1. The Morgan fingerprint density at radius 2 is 1.62 bits per heavy atom. The van der Waals surface area contributed by atoms with Crippen LogP contribution in [-0.4, -0.2) is 37.5 Å². The predicted molar refractivity (Wildman–Crippen MR) is 120 cm³/mol. The van der Waals surface area contributed by atoms with E-state index in [-0.39, 0.29) is 11.5 Å². The van der Waals surface area contributed by atoms with Crippen LogP contribution in [0.2, 0.25) is 0 Å². The van der Waals surface area contributed by atoms with Crippen LogP contribution in [0.4, 0.5) is 5.69 Å². The second-order valence-corrected chi connectivity index (χ2v) is 6.64. The molecule has 0 atom stereocenters. The summed E-state index contributed by atoms with van der Waals surface area (Å²) in [6.07, 6.45) is 1.61. The van der Waals surface area contributed by atoms with Crippen molar-refractivity contribution < 1.29 is 28.9 Å². The van der Waals surface area contributed by atoms with Gasteiger partial charge in [0.1, 0.15) is 6.61 Å². The van der Waals surface area contributed by atoms with E-state index in [4.69, 9.17) is 19.3 Å². The Labute approximate surface area is 185 Å². The van der Waals surface area contributed by atoms with Crippen molar-refractivity contribution in [2.24, 2.45) is 5.10 Å². The van der Waals surface area contributed by atoms with Crippen molar-refractivity contribution in [3.05, 3.63) is 89.0 Å². The van der Waals surface area contributed by atoms with E-state index >= 15 is 0 Å². The minimum absolute atomic E-state index is 0.208. The number of anilines is 1. The molecule has 0 fully saturated rings. The monoisotopic (exact) mass is 434 g/mol. The van der Waals surface area contributed by atoms with E-state index in [0.29, 0.717) is 29.4 Å². The molecule has 0 unspecified atom stereocenters. The zero-order chi connectivity index (χ0) is 22.9. The van der Waals surface area contributed by atoms with Gasteiger partial charge >= 0.3 is 11.9 Å². The van der Waals surface area contributed by atoms with Crippen LogP contribution in [0.3, 0.4) is 0 Å². The molecule has 0 aromatic heterocycles. The Morgan fingerprint density at radius 1 is 0.938 bits per heavy atom. The highest BCUT2D eigenvalue weighted by Crippen LogP contribution is 2.28. The van der Waals surface area contributed by atoms with Crippen molar-refractivity contribution in [3.63, 3.8) is 0 Å². The van der Waals surface area contributed by atoms with Crippen molar-refractivity contribution in [2.45, 2.75) is 6.61 Å². The molecule has 3 rings (SSSR count). The first kappa shape index (κ1) is 22.4. The molecule has 3 aromatic carbocycles. The predicted octanol–water partition coefficient (Wildman–Crippen LogP) is 4.21. The van der Waals surface area contributed by atoms with Gasteiger partial charge in [0.2, 0.25) is 0 Å². The molecular formula is C24H22N2O6. The second kappa shape index (κ2) is 10.6. The van der Waals surface area contributed by atoms with E-state index in [1.165, 1.54) is 19.2 Å². The van der Waals surface area contributed by atoms with Gasteiger partial charge in [0.05, 0.1) is 37.2 Å². The quantitative estimate of drug-likeness (QED) is 0.295. The zero-order valence-electron chi connectivity index (χ0n) is 17.6. The normalized spacial score (nSPS) is 10.6. The van der Waals surface area contributed by atoms with Crippen LogP contribution < -0.4 is 14.9 Å². The SMILES string of the molecule is COC(=O)c1ccc(COc2ccc(/C=N/Nc3ccc(C(=O)O)cc3)cc2OC)cc1. The van der Waals surface area contributed by atoms with Crippen molar-refractivity contribution >= 4 is 23.8 Å². The molecule has 8 heteroatoms. The van der Waals surface area contributed by atoms with Crippen LogP contribution in [0.15, 0.2) is 71.8 Å². The highest BCUT2D eigenvalue weighted by atomic mass is 16.5. The average molecular weight is 434 g/mol. The molecule has 3 aromatic rings. The van der Waals surface area contributed by atoms with E-state index in [0.717, 1.165) is 11.1 Å². The van der Waals surface area contributed by atoms with Crippen LogP contribution in [0.5, 0.6) is 11.5 Å². The number of hydrogen-bond acceptors (Lipinski definition) is 7. The zero-order valence-corrected chi connectivity index (χ0v) is 17.6. The summed E-state index contributed by atoms with van der Waals surface area (Å²) >= 11 is 0. The summed E-state index contributed by atoms with van der Waals surface area (Å²) < 4.78 is 16.0. The minimum Gasteiger partial charge on any atom is -0.493 e. The number of methoxy groups -OCH3 is 2. The number of ether oxygens (including phenoxy) is 3. The molecule has 0 saturated carbocycles. The first-order valence-electron chi connectivity index (χ1n) is 9.60. The third-order valence-electron chi connectivity index (χ3n) is 4.50. The molecule has 0 radical (unpaired) electrons. The molecule has 0 amide bonds. The molecule has 32 heavy (non-hydrogen) atoms. The first-order valence-corrected chi connectivity index (χ1v) is 9.60. The number of carbonyl (C=O) groups excluding carboxylic acids is 1. The summed E-state index contributed by atoms with van der Waals surface area (Å²) in [5, 5.41) is 13.1. The fraction of sp³-hybridized carbons (Fsp3) is 0.125. The van der Waals surface area contributed by atoms with Crippen LogP contribution in [0, 0.1) is 0 Å². The largest absolute Gasteiger partial charge is 0.493 e. The summed E-state index contributed by atoms with van der Waals surface area (Å²) in [5.41, 5.74) is 5.87. The molecular weight excluding hydrogens is 412 g/mol. The van der Waals surface area contributed by atoms with Crippen LogP contribution in [0.1, 0.15) is 31.8 Å². The van der Waals surface area contributed by atoms with Gasteiger partial charge in [-0.2, -0.15) is 5.10 Å². The van der Waals surface area contributed by atoms with Gasteiger partial charge in [-0.15, -0.1) is 0 Å². The molecule has 0 saturated heterocycles. The van der Waals surface area contributed by atoms with Crippen LogP contribution in [-0.2, 0) is 11.3 Å². The number of rotatable bonds is 9. The highest BCUT2D eigenvalue weighted by Gasteiger charge is 2.08. The molecule has 8 nitrogen and oxygen atoms in total. The van der Waals surface area contributed by atoms with E-state index in [1.807, 2.05) is 6.07 Å². The van der Waals surface area contributed by atoms with Crippen molar-refractivity contribution in [3.8, 4) is 11.5 Å². The summed E-state index contributed by atoms with van der Waals surface area (Å²) in [6.45, 7) is 0.305. The summed E-state index contributed by atoms with van der Waals surface area (Å²) in [5.74, 6) is -0.249. The van der Waals surface area contributed by atoms with Gasteiger partial charge in [-0.1, -0.05) is 12.1 Å². The fourth-order valence-corrected chi connectivity index (χ4v) is 2.77. The Hall–Kier alpha value is -4.33.